The monoisotopic (exact) mass is 329 g/mol. The summed E-state index contributed by atoms with van der Waals surface area (Å²) in [7, 11) is -0.691. The molecule has 0 radical (unpaired) electrons. The molecule has 22 heavy (non-hydrogen) atoms. The van der Waals surface area contributed by atoms with Gasteiger partial charge in [0.2, 0.25) is 6.54 Å². The van der Waals surface area contributed by atoms with Crippen molar-refractivity contribution in [2.45, 2.75) is 44.7 Å². The van der Waals surface area contributed by atoms with Crippen molar-refractivity contribution in [3.8, 4) is 11.5 Å². The zero-order chi connectivity index (χ0) is 17.1. The molecule has 1 aliphatic rings. The molecule has 0 bridgehead atoms. The predicted octanol–water partition coefficient (Wildman–Crippen LogP) is 0.435. The van der Waals surface area contributed by atoms with E-state index in [1.807, 2.05) is 19.6 Å². The van der Waals surface area contributed by atoms with E-state index in [9.17, 15) is 25.1 Å². The lowest BCUT2D eigenvalue weighted by Crippen LogP contribution is -2.55. The van der Waals surface area contributed by atoms with Gasteiger partial charge in [-0.15, -0.1) is 5.54 Å². The van der Waals surface area contributed by atoms with Gasteiger partial charge in [0.25, 0.3) is 0 Å². The maximum Gasteiger partial charge on any atom is 0.310 e. The van der Waals surface area contributed by atoms with Gasteiger partial charge < -0.3 is 14.9 Å². The lowest BCUT2D eigenvalue weighted by Gasteiger charge is -2.41. The zero-order valence-corrected chi connectivity index (χ0v) is 14.3. The number of nitro groups is 1. The minimum absolute atomic E-state index is 0.00203. The molecule has 4 atom stereocenters. The van der Waals surface area contributed by atoms with Crippen LogP contribution in [0.4, 0.5) is 0 Å². The Morgan fingerprint density at radius 3 is 2.45 bits per heavy atom. The van der Waals surface area contributed by atoms with E-state index in [-0.39, 0.29) is 12.8 Å². The molecule has 124 valence electrons. The first-order valence-corrected chi connectivity index (χ1v) is 10.6. The molecule has 0 amide bonds. The van der Waals surface area contributed by atoms with Crippen molar-refractivity contribution in [1.82, 2.24) is 0 Å². The highest BCUT2D eigenvalue weighted by atomic mass is 28.3. The van der Waals surface area contributed by atoms with Crippen LogP contribution < -0.4 is 0 Å². The van der Waals surface area contributed by atoms with Crippen LogP contribution in [-0.2, 0) is 9.53 Å². The van der Waals surface area contributed by atoms with E-state index in [1.165, 1.54) is 7.11 Å². The molecule has 1 aliphatic carbocycles. The maximum atomic E-state index is 12.1. The van der Waals surface area contributed by atoms with Gasteiger partial charge in [0.1, 0.15) is 13.5 Å². The standard InChI is InChI=1S/C14H23NO6Si/c1-21-13(18)11-7-10(16)8-12(17)14(11,9-15(19)20)5-6-22(2,3)4/h10-12,16-17H,7-9H2,1-4H3. The van der Waals surface area contributed by atoms with E-state index in [4.69, 9.17) is 4.74 Å². The molecular weight excluding hydrogens is 306 g/mol. The molecule has 0 saturated heterocycles. The zero-order valence-electron chi connectivity index (χ0n) is 13.3. The molecule has 1 fully saturated rings. The van der Waals surface area contributed by atoms with E-state index in [2.05, 4.69) is 11.5 Å². The summed E-state index contributed by atoms with van der Waals surface area (Å²) in [5.41, 5.74) is 1.51. The fourth-order valence-corrected chi connectivity index (χ4v) is 3.28. The van der Waals surface area contributed by atoms with Crippen molar-refractivity contribution in [3.63, 3.8) is 0 Å². The molecule has 0 spiro atoms. The summed E-state index contributed by atoms with van der Waals surface area (Å²) < 4.78 is 4.71. The average Bonchev–Trinajstić information content (AvgIpc) is 2.37. The van der Waals surface area contributed by atoms with E-state index in [0.717, 1.165) is 0 Å². The highest BCUT2D eigenvalue weighted by Gasteiger charge is 2.56. The molecule has 2 N–H and O–H groups in total. The molecule has 0 aromatic heterocycles. The van der Waals surface area contributed by atoms with Crippen LogP contribution in [0.5, 0.6) is 0 Å². The largest absolute Gasteiger partial charge is 0.469 e. The highest BCUT2D eigenvalue weighted by molar-refractivity contribution is 6.83. The van der Waals surface area contributed by atoms with Gasteiger partial charge in [-0.05, 0) is 6.42 Å². The summed E-state index contributed by atoms with van der Waals surface area (Å²) in [4.78, 5) is 22.6. The van der Waals surface area contributed by atoms with E-state index in [1.54, 1.807) is 0 Å². The second-order valence-corrected chi connectivity index (χ2v) is 11.5. The van der Waals surface area contributed by atoms with Gasteiger partial charge >= 0.3 is 5.97 Å². The summed E-state index contributed by atoms with van der Waals surface area (Å²) in [6.45, 7) is 5.25. The molecule has 0 aromatic carbocycles. The summed E-state index contributed by atoms with van der Waals surface area (Å²) >= 11 is 0. The molecule has 0 aliphatic heterocycles. The number of aliphatic hydroxyl groups is 2. The second kappa shape index (κ2) is 6.77. The van der Waals surface area contributed by atoms with Crippen LogP contribution in [0.1, 0.15) is 12.8 Å². The number of rotatable bonds is 3. The fraction of sp³-hybridized carbons (Fsp3) is 0.786. The minimum atomic E-state index is -1.87. The minimum Gasteiger partial charge on any atom is -0.469 e. The summed E-state index contributed by atoms with van der Waals surface area (Å²) in [5, 5.41) is 31.3. The van der Waals surface area contributed by atoms with E-state index < -0.39 is 49.1 Å². The van der Waals surface area contributed by atoms with Gasteiger partial charge in [-0.1, -0.05) is 25.6 Å². The predicted molar refractivity (Wildman–Crippen MR) is 82.2 cm³/mol. The Kier molecular flexibility index (Phi) is 5.73. The Balaban J connectivity index is 3.40. The first-order valence-electron chi connectivity index (χ1n) is 7.12. The van der Waals surface area contributed by atoms with Crippen LogP contribution in [0.25, 0.3) is 0 Å². The quantitative estimate of drug-likeness (QED) is 0.255. The Hall–Kier alpha value is -1.43. The summed E-state index contributed by atoms with van der Waals surface area (Å²) in [6, 6.07) is 0. The summed E-state index contributed by atoms with van der Waals surface area (Å²) in [5.74, 6) is 1.14. The molecule has 8 heteroatoms. The number of ether oxygens (including phenoxy) is 1. The first-order chi connectivity index (χ1) is 10.0. The molecule has 0 heterocycles. The van der Waals surface area contributed by atoms with Crippen molar-refractivity contribution < 1.29 is 24.7 Å². The van der Waals surface area contributed by atoms with Gasteiger partial charge in [0, 0.05) is 11.3 Å². The Bertz CT molecular complexity index is 506. The molecule has 1 saturated carbocycles. The Labute approximate surface area is 130 Å². The number of carbonyl (C=O) groups excluding carboxylic acids is 1. The van der Waals surface area contributed by atoms with Crippen LogP contribution in [0.3, 0.4) is 0 Å². The Morgan fingerprint density at radius 2 is 2.00 bits per heavy atom. The molecule has 0 aromatic rings. The van der Waals surface area contributed by atoms with E-state index >= 15 is 0 Å². The second-order valence-electron chi connectivity index (χ2n) is 6.75. The SMILES string of the molecule is COC(=O)C1CC(O)CC(O)C1(C#C[Si](C)(C)C)C[N+](=O)[O-]. The molecular formula is C14H23NO6Si. The van der Waals surface area contributed by atoms with Crippen LogP contribution in [-0.4, -0.2) is 55.0 Å². The third kappa shape index (κ3) is 4.29. The number of nitrogens with zero attached hydrogens (tertiary/aromatic N) is 1. The van der Waals surface area contributed by atoms with Gasteiger partial charge in [-0.3, -0.25) is 14.9 Å². The van der Waals surface area contributed by atoms with Crippen molar-refractivity contribution >= 4 is 14.0 Å². The van der Waals surface area contributed by atoms with Crippen molar-refractivity contribution in [1.29, 1.82) is 0 Å². The fourth-order valence-electron chi connectivity index (χ4n) is 2.67. The lowest BCUT2D eigenvalue weighted by atomic mass is 9.64. The van der Waals surface area contributed by atoms with Crippen molar-refractivity contribution in [3.05, 3.63) is 10.1 Å². The number of esters is 1. The Morgan fingerprint density at radius 1 is 1.41 bits per heavy atom. The van der Waals surface area contributed by atoms with Gasteiger partial charge in [-0.2, -0.15) is 0 Å². The number of carbonyl (C=O) groups is 1. The molecule has 1 rings (SSSR count). The third-order valence-corrected chi connectivity index (χ3v) is 4.64. The van der Waals surface area contributed by atoms with E-state index in [0.29, 0.717) is 0 Å². The number of hydrogen-bond acceptors (Lipinski definition) is 6. The van der Waals surface area contributed by atoms with Gasteiger partial charge in [0.15, 0.2) is 0 Å². The normalized spacial score (nSPS) is 31.8. The summed E-state index contributed by atoms with van der Waals surface area (Å²) in [6.07, 6.45) is -2.21. The van der Waals surface area contributed by atoms with Crippen LogP contribution in [0.15, 0.2) is 0 Å². The maximum absolute atomic E-state index is 12.1. The molecule has 4 unspecified atom stereocenters. The highest BCUT2D eigenvalue weighted by Crippen LogP contribution is 2.42. The number of aliphatic hydroxyl groups excluding tert-OH is 2. The number of methoxy groups -OCH3 is 1. The lowest BCUT2D eigenvalue weighted by molar-refractivity contribution is -0.500. The average molecular weight is 329 g/mol. The number of hydrogen-bond donors (Lipinski definition) is 2. The smallest absolute Gasteiger partial charge is 0.310 e. The third-order valence-electron chi connectivity index (χ3n) is 3.77. The molecule has 7 nitrogen and oxygen atoms in total. The van der Waals surface area contributed by atoms with Crippen LogP contribution in [0.2, 0.25) is 19.6 Å². The van der Waals surface area contributed by atoms with Gasteiger partial charge in [-0.25, -0.2) is 0 Å². The topological polar surface area (TPSA) is 110 Å². The van der Waals surface area contributed by atoms with Gasteiger partial charge in [0.05, 0.1) is 25.2 Å². The first kappa shape index (κ1) is 18.6. The van der Waals surface area contributed by atoms with Crippen molar-refractivity contribution in [2.24, 2.45) is 11.3 Å². The van der Waals surface area contributed by atoms with Crippen molar-refractivity contribution in [2.75, 3.05) is 13.7 Å². The van der Waals surface area contributed by atoms with Crippen LogP contribution >= 0.6 is 0 Å². The van der Waals surface area contributed by atoms with Crippen LogP contribution in [0, 0.1) is 32.9 Å².